The van der Waals surface area contributed by atoms with E-state index in [0.717, 1.165) is 28.2 Å². The lowest BCUT2D eigenvalue weighted by Gasteiger charge is -2.26. The van der Waals surface area contributed by atoms with E-state index >= 15 is 0 Å². The zero-order valence-electron chi connectivity index (χ0n) is 12.0. The summed E-state index contributed by atoms with van der Waals surface area (Å²) < 4.78 is 27.9. The third-order valence-electron chi connectivity index (χ3n) is 3.64. The van der Waals surface area contributed by atoms with Crippen molar-refractivity contribution in [1.82, 2.24) is 4.72 Å². The SMILES string of the molecule is Cc1ccc(S(=O)(=O)NC2CCSc3ccc(Cl)cc32)cc1. The third-order valence-corrected chi connectivity index (χ3v) is 6.49. The first-order valence-corrected chi connectivity index (χ1v) is 9.82. The van der Waals surface area contributed by atoms with Crippen LogP contribution in [0.15, 0.2) is 52.3 Å². The molecule has 0 saturated heterocycles. The van der Waals surface area contributed by atoms with Gasteiger partial charge in [-0.1, -0.05) is 29.3 Å². The maximum Gasteiger partial charge on any atom is 0.241 e. The number of rotatable bonds is 3. The van der Waals surface area contributed by atoms with Gasteiger partial charge in [0.15, 0.2) is 0 Å². The van der Waals surface area contributed by atoms with Gasteiger partial charge in [-0.2, -0.15) is 0 Å². The van der Waals surface area contributed by atoms with Gasteiger partial charge in [0, 0.05) is 16.0 Å². The van der Waals surface area contributed by atoms with Crippen LogP contribution in [0.5, 0.6) is 0 Å². The largest absolute Gasteiger partial charge is 0.241 e. The van der Waals surface area contributed by atoms with Crippen LogP contribution in [-0.2, 0) is 10.0 Å². The number of fused-ring (bicyclic) bond motifs is 1. The molecule has 3 nitrogen and oxygen atoms in total. The molecule has 0 fully saturated rings. The molecule has 3 rings (SSSR count). The molecule has 22 heavy (non-hydrogen) atoms. The average molecular weight is 354 g/mol. The standard InChI is InChI=1S/C16H16ClNO2S2/c1-11-2-5-13(6-3-11)22(19,20)18-15-8-9-21-16-7-4-12(17)10-14(15)16/h2-7,10,15,18H,8-9H2,1H3. The number of nitrogens with one attached hydrogen (secondary N) is 1. The maximum atomic E-state index is 12.6. The highest BCUT2D eigenvalue weighted by Gasteiger charge is 2.26. The van der Waals surface area contributed by atoms with Crippen LogP contribution in [0.1, 0.15) is 23.6 Å². The Morgan fingerprint density at radius 1 is 1.18 bits per heavy atom. The molecule has 0 bridgehead atoms. The molecule has 1 aliphatic rings. The minimum Gasteiger partial charge on any atom is -0.207 e. The van der Waals surface area contributed by atoms with Crippen molar-refractivity contribution < 1.29 is 8.42 Å². The van der Waals surface area contributed by atoms with E-state index in [0.29, 0.717) is 9.92 Å². The summed E-state index contributed by atoms with van der Waals surface area (Å²) in [5.74, 6) is 0.885. The molecule has 2 aromatic carbocycles. The predicted molar refractivity (Wildman–Crippen MR) is 91.0 cm³/mol. The molecule has 1 N–H and O–H groups in total. The molecule has 6 heteroatoms. The van der Waals surface area contributed by atoms with Crippen LogP contribution in [0, 0.1) is 6.92 Å². The minimum atomic E-state index is -3.53. The van der Waals surface area contributed by atoms with Gasteiger partial charge < -0.3 is 0 Å². The summed E-state index contributed by atoms with van der Waals surface area (Å²) in [5.41, 5.74) is 1.99. The summed E-state index contributed by atoms with van der Waals surface area (Å²) in [7, 11) is -3.53. The number of hydrogen-bond acceptors (Lipinski definition) is 3. The first kappa shape index (κ1) is 15.9. The molecule has 2 aromatic rings. The number of benzene rings is 2. The lowest BCUT2D eigenvalue weighted by Crippen LogP contribution is -2.30. The lowest BCUT2D eigenvalue weighted by molar-refractivity contribution is 0.546. The lowest BCUT2D eigenvalue weighted by atomic mass is 10.1. The predicted octanol–water partition coefficient (Wildman–Crippen LogP) is 4.16. The van der Waals surface area contributed by atoms with Crippen molar-refractivity contribution >= 4 is 33.4 Å². The van der Waals surface area contributed by atoms with Gasteiger partial charge in [-0.05, 0) is 55.0 Å². The van der Waals surface area contributed by atoms with Crippen LogP contribution >= 0.6 is 23.4 Å². The molecule has 1 unspecified atom stereocenters. The molecule has 0 spiro atoms. The molecule has 0 amide bonds. The highest BCUT2D eigenvalue weighted by atomic mass is 35.5. The highest BCUT2D eigenvalue weighted by Crippen LogP contribution is 2.38. The van der Waals surface area contributed by atoms with E-state index in [1.807, 2.05) is 25.1 Å². The maximum absolute atomic E-state index is 12.6. The molecule has 1 atom stereocenters. The van der Waals surface area contributed by atoms with E-state index in [2.05, 4.69) is 4.72 Å². The highest BCUT2D eigenvalue weighted by molar-refractivity contribution is 7.99. The summed E-state index contributed by atoms with van der Waals surface area (Å²) in [5, 5.41) is 0.626. The monoisotopic (exact) mass is 353 g/mol. The Kier molecular flexibility index (Phi) is 4.50. The van der Waals surface area contributed by atoms with Gasteiger partial charge in [-0.15, -0.1) is 11.8 Å². The Labute approximate surface area is 140 Å². The van der Waals surface area contributed by atoms with Crippen LogP contribution in [0.4, 0.5) is 0 Å². The number of sulfonamides is 1. The van der Waals surface area contributed by atoms with E-state index in [1.54, 1.807) is 36.0 Å². The van der Waals surface area contributed by atoms with Crippen molar-refractivity contribution in [2.45, 2.75) is 29.2 Å². The normalized spacial score (nSPS) is 18.0. The van der Waals surface area contributed by atoms with Crippen LogP contribution in [0.3, 0.4) is 0 Å². The van der Waals surface area contributed by atoms with E-state index in [1.165, 1.54) is 0 Å². The Morgan fingerprint density at radius 2 is 1.91 bits per heavy atom. The van der Waals surface area contributed by atoms with Gasteiger partial charge in [-0.25, -0.2) is 13.1 Å². The van der Waals surface area contributed by atoms with Gasteiger partial charge in [0.05, 0.1) is 4.90 Å². The Bertz CT molecular complexity index is 788. The quantitative estimate of drug-likeness (QED) is 0.901. The minimum absolute atomic E-state index is 0.235. The number of halogens is 1. The van der Waals surface area contributed by atoms with Crippen molar-refractivity contribution in [2.24, 2.45) is 0 Å². The fourth-order valence-electron chi connectivity index (χ4n) is 2.46. The zero-order valence-corrected chi connectivity index (χ0v) is 14.4. The van der Waals surface area contributed by atoms with Crippen molar-refractivity contribution in [3.8, 4) is 0 Å². The van der Waals surface area contributed by atoms with Gasteiger partial charge in [-0.3, -0.25) is 0 Å². The number of hydrogen-bond donors (Lipinski definition) is 1. The van der Waals surface area contributed by atoms with Crippen molar-refractivity contribution in [3.63, 3.8) is 0 Å². The van der Waals surface area contributed by atoms with Crippen molar-refractivity contribution in [1.29, 1.82) is 0 Å². The number of aryl methyl sites for hydroxylation is 1. The summed E-state index contributed by atoms with van der Waals surface area (Å²) in [4.78, 5) is 1.38. The molecule has 116 valence electrons. The Balaban J connectivity index is 1.91. The topological polar surface area (TPSA) is 46.2 Å². The first-order chi connectivity index (χ1) is 10.5. The Morgan fingerprint density at radius 3 is 2.64 bits per heavy atom. The van der Waals surface area contributed by atoms with Gasteiger partial charge >= 0.3 is 0 Å². The molecule has 0 aliphatic carbocycles. The van der Waals surface area contributed by atoms with Gasteiger partial charge in [0.1, 0.15) is 0 Å². The van der Waals surface area contributed by atoms with Crippen LogP contribution in [0.25, 0.3) is 0 Å². The van der Waals surface area contributed by atoms with E-state index in [-0.39, 0.29) is 6.04 Å². The van der Waals surface area contributed by atoms with Crippen molar-refractivity contribution in [2.75, 3.05) is 5.75 Å². The van der Waals surface area contributed by atoms with E-state index in [9.17, 15) is 8.42 Å². The Hall–Kier alpha value is -1.01. The molecule has 1 aliphatic heterocycles. The fraction of sp³-hybridized carbons (Fsp3) is 0.250. The summed E-state index contributed by atoms with van der Waals surface area (Å²) in [6, 6.07) is 12.3. The second kappa shape index (κ2) is 6.24. The average Bonchev–Trinajstić information content (AvgIpc) is 2.48. The summed E-state index contributed by atoms with van der Waals surface area (Å²) >= 11 is 7.79. The molecule has 1 heterocycles. The molecule has 0 radical (unpaired) electrons. The van der Waals surface area contributed by atoms with Gasteiger partial charge in [0.2, 0.25) is 10.0 Å². The smallest absolute Gasteiger partial charge is 0.207 e. The zero-order chi connectivity index (χ0) is 15.7. The molecular formula is C16H16ClNO2S2. The number of thioether (sulfide) groups is 1. The molecular weight excluding hydrogens is 338 g/mol. The van der Waals surface area contributed by atoms with E-state index in [4.69, 9.17) is 11.6 Å². The fourth-order valence-corrected chi connectivity index (χ4v) is 5.00. The second-order valence-electron chi connectivity index (χ2n) is 5.31. The van der Waals surface area contributed by atoms with Crippen molar-refractivity contribution in [3.05, 3.63) is 58.6 Å². The first-order valence-electron chi connectivity index (χ1n) is 6.97. The third kappa shape index (κ3) is 3.33. The summed E-state index contributed by atoms with van der Waals surface area (Å²) in [6.07, 6.45) is 0.753. The van der Waals surface area contributed by atoms with Crippen LogP contribution < -0.4 is 4.72 Å². The summed E-state index contributed by atoms with van der Waals surface area (Å²) in [6.45, 7) is 1.93. The van der Waals surface area contributed by atoms with Crippen LogP contribution in [-0.4, -0.2) is 14.2 Å². The van der Waals surface area contributed by atoms with Crippen LogP contribution in [0.2, 0.25) is 5.02 Å². The van der Waals surface area contributed by atoms with Gasteiger partial charge in [0.25, 0.3) is 0 Å². The molecule has 0 aromatic heterocycles. The van der Waals surface area contributed by atoms with E-state index < -0.39 is 10.0 Å². The second-order valence-corrected chi connectivity index (χ2v) is 8.59. The molecule has 0 saturated carbocycles.